The fourth-order valence-electron chi connectivity index (χ4n) is 6.05. The van der Waals surface area contributed by atoms with Crippen molar-refractivity contribution in [1.29, 1.82) is 0 Å². The van der Waals surface area contributed by atoms with E-state index >= 15 is 0 Å². The van der Waals surface area contributed by atoms with Crippen LogP contribution in [0.4, 0.5) is 10.5 Å². The second kappa shape index (κ2) is 14.0. The number of nitrogens with one attached hydrogen (secondary N) is 1. The predicted octanol–water partition coefficient (Wildman–Crippen LogP) is 3.63. The number of likely N-dealkylation sites (tertiary alicyclic amines) is 1. The fraction of sp³-hybridized carbons (Fsp3) is 0.548. The maximum Gasteiger partial charge on any atom is 0.414 e. The standard InChI is InChI=1S/C31H42N4O7S/c1-3-32-15-6-20-43(38,39)34-18-13-25(14-19-34)42-26-9-10-27(29(21-26)40-2)30(36)33-16-11-24(12-17-33)35-28-8-5-4-7-23(28)22-41-31(35)37/h4-5,7-10,21,24-25,32H,3,6,11-20,22H2,1-2H3. The van der Waals surface area contributed by atoms with Gasteiger partial charge in [-0.15, -0.1) is 0 Å². The van der Waals surface area contributed by atoms with Gasteiger partial charge in [-0.05, 0) is 63.4 Å². The number of benzene rings is 2. The van der Waals surface area contributed by atoms with Crippen LogP contribution in [0.15, 0.2) is 42.5 Å². The maximum atomic E-state index is 13.5. The van der Waals surface area contributed by atoms with Crippen molar-refractivity contribution >= 4 is 27.7 Å². The number of hydrogen-bond acceptors (Lipinski definition) is 8. The molecule has 0 atom stereocenters. The minimum absolute atomic E-state index is 0.0462. The van der Waals surface area contributed by atoms with Gasteiger partial charge in [0.2, 0.25) is 10.0 Å². The van der Waals surface area contributed by atoms with Crippen molar-refractivity contribution in [3.8, 4) is 11.5 Å². The number of fused-ring (bicyclic) bond motifs is 1. The summed E-state index contributed by atoms with van der Waals surface area (Å²) >= 11 is 0. The second-order valence-corrected chi connectivity index (χ2v) is 13.3. The molecule has 0 unspecified atom stereocenters. The normalized spacial score (nSPS) is 18.7. The molecule has 0 aliphatic carbocycles. The molecule has 2 aromatic carbocycles. The third kappa shape index (κ3) is 7.25. The van der Waals surface area contributed by atoms with Gasteiger partial charge < -0.3 is 24.4 Å². The van der Waals surface area contributed by atoms with Crippen molar-refractivity contribution < 1.29 is 32.2 Å². The number of anilines is 1. The lowest BCUT2D eigenvalue weighted by molar-refractivity contribution is 0.0705. The number of ether oxygens (including phenoxy) is 3. The molecule has 234 valence electrons. The van der Waals surface area contributed by atoms with E-state index in [1.807, 2.05) is 31.2 Å². The summed E-state index contributed by atoms with van der Waals surface area (Å²) in [7, 11) is -1.74. The molecule has 43 heavy (non-hydrogen) atoms. The number of amides is 2. The molecule has 0 spiro atoms. The van der Waals surface area contributed by atoms with Crippen LogP contribution >= 0.6 is 0 Å². The summed E-state index contributed by atoms with van der Waals surface area (Å²) < 4.78 is 44.1. The molecule has 0 aromatic heterocycles. The average Bonchev–Trinajstić information content (AvgIpc) is 3.03. The summed E-state index contributed by atoms with van der Waals surface area (Å²) in [4.78, 5) is 29.7. The first-order valence-corrected chi connectivity index (χ1v) is 16.8. The molecule has 3 aliphatic heterocycles. The van der Waals surface area contributed by atoms with Crippen LogP contribution in [0.2, 0.25) is 0 Å². The third-order valence-electron chi connectivity index (χ3n) is 8.42. The first-order chi connectivity index (χ1) is 20.8. The monoisotopic (exact) mass is 614 g/mol. The van der Waals surface area contributed by atoms with Crippen LogP contribution in [-0.4, -0.2) is 93.9 Å². The Labute approximate surface area is 254 Å². The summed E-state index contributed by atoms with van der Waals surface area (Å²) in [5.74, 6) is 1.03. The smallest absolute Gasteiger partial charge is 0.414 e. The van der Waals surface area contributed by atoms with Crippen molar-refractivity contribution in [2.45, 2.75) is 57.8 Å². The molecule has 11 nitrogen and oxygen atoms in total. The Kier molecular flexibility index (Phi) is 10.1. The highest BCUT2D eigenvalue weighted by molar-refractivity contribution is 7.89. The molecular weight excluding hydrogens is 572 g/mol. The summed E-state index contributed by atoms with van der Waals surface area (Å²) in [6.07, 6.45) is 2.61. The van der Waals surface area contributed by atoms with Crippen molar-refractivity contribution in [3.63, 3.8) is 0 Å². The largest absolute Gasteiger partial charge is 0.496 e. The quantitative estimate of drug-likeness (QED) is 0.382. The first kappa shape index (κ1) is 31.1. The number of para-hydroxylation sites is 1. The molecule has 3 aliphatic rings. The second-order valence-electron chi connectivity index (χ2n) is 11.2. The first-order valence-electron chi connectivity index (χ1n) is 15.2. The van der Waals surface area contributed by atoms with Crippen LogP contribution in [0.25, 0.3) is 0 Å². The van der Waals surface area contributed by atoms with E-state index in [1.54, 1.807) is 32.3 Å². The number of piperidine rings is 2. The van der Waals surface area contributed by atoms with Crippen molar-refractivity contribution in [2.24, 2.45) is 0 Å². The lowest BCUT2D eigenvalue weighted by Crippen LogP contribution is -2.50. The van der Waals surface area contributed by atoms with E-state index < -0.39 is 10.0 Å². The van der Waals surface area contributed by atoms with E-state index in [1.165, 1.54) is 7.11 Å². The topological polar surface area (TPSA) is 118 Å². The molecule has 0 radical (unpaired) electrons. The maximum absolute atomic E-state index is 13.5. The van der Waals surface area contributed by atoms with Gasteiger partial charge in [0, 0.05) is 43.9 Å². The zero-order valence-corrected chi connectivity index (χ0v) is 25.8. The Morgan fingerprint density at radius 1 is 1.05 bits per heavy atom. The number of sulfonamides is 1. The molecule has 3 heterocycles. The van der Waals surface area contributed by atoms with E-state index in [2.05, 4.69) is 5.32 Å². The van der Waals surface area contributed by atoms with Crippen molar-refractivity contribution in [1.82, 2.24) is 14.5 Å². The molecule has 2 saturated heterocycles. The average molecular weight is 615 g/mol. The molecular formula is C31H42N4O7S. The van der Waals surface area contributed by atoms with Crippen LogP contribution in [0, 0.1) is 0 Å². The molecule has 12 heteroatoms. The molecule has 5 rings (SSSR count). The summed E-state index contributed by atoms with van der Waals surface area (Å²) in [5.41, 5.74) is 2.32. The van der Waals surface area contributed by atoms with Gasteiger partial charge >= 0.3 is 6.09 Å². The highest BCUT2D eigenvalue weighted by Gasteiger charge is 2.35. The molecule has 2 aromatic rings. The number of hydrogen-bond donors (Lipinski definition) is 1. The molecule has 0 saturated carbocycles. The Morgan fingerprint density at radius 2 is 1.79 bits per heavy atom. The zero-order valence-electron chi connectivity index (χ0n) is 25.0. The van der Waals surface area contributed by atoms with Gasteiger partial charge in [-0.25, -0.2) is 17.5 Å². The molecule has 0 bridgehead atoms. The summed E-state index contributed by atoms with van der Waals surface area (Å²) in [5, 5.41) is 3.16. The molecule has 1 N–H and O–H groups in total. The summed E-state index contributed by atoms with van der Waals surface area (Å²) in [6.45, 7) is 5.67. The van der Waals surface area contributed by atoms with E-state index in [4.69, 9.17) is 14.2 Å². The minimum Gasteiger partial charge on any atom is -0.496 e. The number of cyclic esters (lactones) is 1. The van der Waals surface area contributed by atoms with Gasteiger partial charge in [-0.2, -0.15) is 0 Å². The lowest BCUT2D eigenvalue weighted by Gasteiger charge is -2.40. The van der Waals surface area contributed by atoms with Crippen molar-refractivity contribution in [2.75, 3.05) is 57.0 Å². The highest BCUT2D eigenvalue weighted by Crippen LogP contribution is 2.33. The minimum atomic E-state index is -3.27. The molecule has 2 amide bonds. The third-order valence-corrected chi connectivity index (χ3v) is 10.4. The Morgan fingerprint density at radius 3 is 2.51 bits per heavy atom. The van der Waals surface area contributed by atoms with Crippen LogP contribution in [-0.2, 0) is 21.4 Å². The van der Waals surface area contributed by atoms with Crippen LogP contribution in [0.3, 0.4) is 0 Å². The van der Waals surface area contributed by atoms with Gasteiger partial charge in [-0.1, -0.05) is 25.1 Å². The van der Waals surface area contributed by atoms with Gasteiger partial charge in [-0.3, -0.25) is 9.69 Å². The Hall–Kier alpha value is -3.35. The SMILES string of the molecule is CCNCCCS(=O)(=O)N1CCC(Oc2ccc(C(=O)N3CCC(N4C(=O)OCc5ccccc54)CC3)c(OC)c2)CC1. The van der Waals surface area contributed by atoms with Gasteiger partial charge in [0.15, 0.2) is 0 Å². The van der Waals surface area contributed by atoms with E-state index in [0.717, 1.165) is 17.8 Å². The zero-order chi connectivity index (χ0) is 30.4. The number of methoxy groups -OCH3 is 1. The predicted molar refractivity (Wildman–Crippen MR) is 163 cm³/mol. The molecule has 2 fully saturated rings. The number of carbonyl (C=O) groups excluding carboxylic acids is 2. The van der Waals surface area contributed by atoms with Crippen molar-refractivity contribution in [3.05, 3.63) is 53.6 Å². The Balaban J connectivity index is 1.15. The van der Waals surface area contributed by atoms with E-state index in [-0.39, 0.29) is 36.5 Å². The van der Waals surface area contributed by atoms with Crippen LogP contribution in [0.5, 0.6) is 11.5 Å². The van der Waals surface area contributed by atoms with Crippen LogP contribution in [0.1, 0.15) is 54.9 Å². The number of carbonyl (C=O) groups is 2. The van der Waals surface area contributed by atoms with Gasteiger partial charge in [0.25, 0.3) is 5.91 Å². The fourth-order valence-corrected chi connectivity index (χ4v) is 7.58. The Bertz CT molecular complexity index is 1390. The van der Waals surface area contributed by atoms with E-state index in [0.29, 0.717) is 81.9 Å². The summed E-state index contributed by atoms with van der Waals surface area (Å²) in [6, 6.07) is 12.9. The van der Waals surface area contributed by atoms with Crippen LogP contribution < -0.4 is 19.7 Å². The number of nitrogens with zero attached hydrogens (tertiary/aromatic N) is 3. The number of rotatable bonds is 11. The van der Waals surface area contributed by atoms with Gasteiger partial charge in [0.1, 0.15) is 24.2 Å². The lowest BCUT2D eigenvalue weighted by atomic mass is 10.00. The highest BCUT2D eigenvalue weighted by atomic mass is 32.2. The van der Waals surface area contributed by atoms with E-state index in [9.17, 15) is 18.0 Å². The van der Waals surface area contributed by atoms with Gasteiger partial charge in [0.05, 0.1) is 24.1 Å².